The van der Waals surface area contributed by atoms with Crippen LogP contribution in [0.4, 0.5) is 0 Å². The maximum atomic E-state index is 11.8. The molecule has 1 aliphatic rings. The third-order valence-electron chi connectivity index (χ3n) is 2.92. The Morgan fingerprint density at radius 2 is 2.29 bits per heavy atom. The summed E-state index contributed by atoms with van der Waals surface area (Å²) < 4.78 is 5.38. The first-order chi connectivity index (χ1) is 6.75. The molecule has 1 rings (SSSR count). The van der Waals surface area contributed by atoms with Gasteiger partial charge in [0.1, 0.15) is 0 Å². The van der Waals surface area contributed by atoms with Crippen molar-refractivity contribution in [2.45, 2.75) is 51.2 Å². The molecule has 0 aromatic rings. The highest BCUT2D eigenvalue weighted by molar-refractivity contribution is 5.87. The van der Waals surface area contributed by atoms with Crippen LogP contribution in [0, 0.1) is 0 Å². The topological polar surface area (TPSA) is 38.3 Å². The Morgan fingerprint density at radius 3 is 2.86 bits per heavy atom. The molecule has 1 unspecified atom stereocenters. The van der Waals surface area contributed by atoms with E-state index in [1.54, 1.807) is 7.11 Å². The lowest BCUT2D eigenvalue weighted by Crippen LogP contribution is -2.55. The van der Waals surface area contributed by atoms with Crippen molar-refractivity contribution in [2.24, 2.45) is 0 Å². The van der Waals surface area contributed by atoms with Crippen molar-refractivity contribution >= 4 is 5.78 Å². The zero-order chi connectivity index (χ0) is 10.4. The highest BCUT2D eigenvalue weighted by Gasteiger charge is 2.39. The molecular weight excluding hydrogens is 178 g/mol. The summed E-state index contributed by atoms with van der Waals surface area (Å²) in [5.74, 6) is 0.224. The molecule has 0 spiro atoms. The number of ketones is 1. The van der Waals surface area contributed by atoms with Crippen LogP contribution in [0.2, 0.25) is 0 Å². The fourth-order valence-corrected chi connectivity index (χ4v) is 1.94. The van der Waals surface area contributed by atoms with Gasteiger partial charge in [-0.3, -0.25) is 10.1 Å². The number of Topliss-reactive ketones (excluding diaryl/α,β-unsaturated/α-hetero) is 1. The summed E-state index contributed by atoms with van der Waals surface area (Å²) >= 11 is 0. The molecule has 3 nitrogen and oxygen atoms in total. The molecular formula is C11H21NO2. The number of carbonyl (C=O) groups excluding carboxylic acids is 1. The van der Waals surface area contributed by atoms with Gasteiger partial charge < -0.3 is 4.74 Å². The number of nitrogens with one attached hydrogen (secondary N) is 1. The van der Waals surface area contributed by atoms with Gasteiger partial charge >= 0.3 is 0 Å². The minimum Gasteiger partial charge on any atom is -0.356 e. The number of methoxy groups -OCH3 is 1. The zero-order valence-electron chi connectivity index (χ0n) is 9.27. The van der Waals surface area contributed by atoms with Crippen molar-refractivity contribution < 1.29 is 9.53 Å². The van der Waals surface area contributed by atoms with E-state index in [2.05, 4.69) is 12.2 Å². The van der Waals surface area contributed by atoms with Crippen molar-refractivity contribution in [3.63, 3.8) is 0 Å². The van der Waals surface area contributed by atoms with Gasteiger partial charge in [-0.2, -0.15) is 0 Å². The van der Waals surface area contributed by atoms with Crippen LogP contribution in [0.5, 0.6) is 0 Å². The molecule has 0 bridgehead atoms. The average molecular weight is 199 g/mol. The normalized spacial score (nSPS) is 28.0. The summed E-state index contributed by atoms with van der Waals surface area (Å²) in [6.45, 7) is 3.01. The van der Waals surface area contributed by atoms with Gasteiger partial charge in [0.15, 0.2) is 11.5 Å². The van der Waals surface area contributed by atoms with E-state index in [0.717, 1.165) is 38.6 Å². The monoisotopic (exact) mass is 199 g/mol. The molecule has 0 heterocycles. The average Bonchev–Trinajstić information content (AvgIpc) is 2.21. The molecule has 1 fully saturated rings. The lowest BCUT2D eigenvalue weighted by molar-refractivity contribution is -0.150. The molecule has 0 radical (unpaired) electrons. The van der Waals surface area contributed by atoms with Gasteiger partial charge in [0.05, 0.1) is 0 Å². The molecule has 1 saturated carbocycles. The fraction of sp³-hybridized carbons (Fsp3) is 0.909. The molecule has 1 aliphatic carbocycles. The number of hydrogen-bond donors (Lipinski definition) is 1. The molecule has 0 saturated heterocycles. The second-order valence-electron chi connectivity index (χ2n) is 3.94. The number of rotatable bonds is 5. The highest BCUT2D eigenvalue weighted by atomic mass is 16.5. The van der Waals surface area contributed by atoms with E-state index in [1.165, 1.54) is 0 Å². The largest absolute Gasteiger partial charge is 0.356 e. The third kappa shape index (κ3) is 2.55. The Kier molecular flexibility index (Phi) is 4.55. The van der Waals surface area contributed by atoms with Crippen LogP contribution in [-0.2, 0) is 9.53 Å². The zero-order valence-corrected chi connectivity index (χ0v) is 9.27. The van der Waals surface area contributed by atoms with E-state index in [1.807, 2.05) is 0 Å². The Morgan fingerprint density at radius 1 is 1.50 bits per heavy atom. The van der Waals surface area contributed by atoms with Crippen molar-refractivity contribution in [3.05, 3.63) is 0 Å². The maximum Gasteiger partial charge on any atom is 0.179 e. The molecule has 0 aromatic heterocycles. The van der Waals surface area contributed by atoms with E-state index in [-0.39, 0.29) is 5.78 Å². The van der Waals surface area contributed by atoms with E-state index < -0.39 is 5.72 Å². The van der Waals surface area contributed by atoms with E-state index in [0.29, 0.717) is 6.42 Å². The number of carbonyl (C=O) groups is 1. The predicted molar refractivity (Wildman–Crippen MR) is 56.1 cm³/mol. The Labute approximate surface area is 86.2 Å². The minimum atomic E-state index is -0.659. The van der Waals surface area contributed by atoms with Gasteiger partial charge in [-0.25, -0.2) is 0 Å². The molecule has 0 aliphatic heterocycles. The summed E-state index contributed by atoms with van der Waals surface area (Å²) in [4.78, 5) is 11.8. The van der Waals surface area contributed by atoms with E-state index in [9.17, 15) is 4.79 Å². The highest BCUT2D eigenvalue weighted by Crippen LogP contribution is 2.25. The van der Waals surface area contributed by atoms with Crippen molar-refractivity contribution in [3.8, 4) is 0 Å². The van der Waals surface area contributed by atoms with Crippen LogP contribution in [0.1, 0.15) is 45.4 Å². The first-order valence-electron chi connectivity index (χ1n) is 5.58. The molecule has 1 N–H and O–H groups in total. The number of hydrogen-bond acceptors (Lipinski definition) is 3. The molecule has 3 heteroatoms. The second-order valence-corrected chi connectivity index (χ2v) is 3.94. The van der Waals surface area contributed by atoms with Crippen LogP contribution in [0.15, 0.2) is 0 Å². The van der Waals surface area contributed by atoms with Gasteiger partial charge in [0.2, 0.25) is 0 Å². The van der Waals surface area contributed by atoms with Gasteiger partial charge in [0.25, 0.3) is 0 Å². The lowest BCUT2D eigenvalue weighted by atomic mass is 9.90. The van der Waals surface area contributed by atoms with Crippen LogP contribution >= 0.6 is 0 Å². The summed E-state index contributed by atoms with van der Waals surface area (Å²) in [5, 5.41) is 3.26. The van der Waals surface area contributed by atoms with Gasteiger partial charge in [0, 0.05) is 13.5 Å². The fourth-order valence-electron chi connectivity index (χ4n) is 1.94. The smallest absolute Gasteiger partial charge is 0.179 e. The molecule has 0 aromatic carbocycles. The Hall–Kier alpha value is -0.410. The summed E-state index contributed by atoms with van der Waals surface area (Å²) in [7, 11) is 1.63. The summed E-state index contributed by atoms with van der Waals surface area (Å²) in [5.41, 5.74) is -0.659. The van der Waals surface area contributed by atoms with Gasteiger partial charge in [-0.15, -0.1) is 0 Å². The van der Waals surface area contributed by atoms with Gasteiger partial charge in [-0.05, 0) is 32.2 Å². The molecule has 82 valence electrons. The molecule has 1 atom stereocenters. The van der Waals surface area contributed by atoms with Crippen LogP contribution < -0.4 is 5.32 Å². The predicted octanol–water partition coefficient (Wildman–Crippen LogP) is 1.86. The molecule has 14 heavy (non-hydrogen) atoms. The quantitative estimate of drug-likeness (QED) is 0.542. The lowest BCUT2D eigenvalue weighted by Gasteiger charge is -2.35. The standard InChI is InChI=1S/C11H21NO2/c1-3-4-9-12-11(14-2)8-6-5-7-10(11)13/h12H,3-9H2,1-2H3. The van der Waals surface area contributed by atoms with Gasteiger partial charge in [-0.1, -0.05) is 13.3 Å². The SMILES string of the molecule is CCCCNC1(OC)CCCCC1=O. The number of unbranched alkanes of at least 4 members (excludes halogenated alkanes) is 1. The summed E-state index contributed by atoms with van der Waals surface area (Å²) in [6.07, 6.45) is 5.82. The van der Waals surface area contributed by atoms with E-state index >= 15 is 0 Å². The van der Waals surface area contributed by atoms with E-state index in [4.69, 9.17) is 4.74 Å². The second kappa shape index (κ2) is 5.47. The third-order valence-corrected chi connectivity index (χ3v) is 2.92. The first kappa shape index (κ1) is 11.7. The Bertz CT molecular complexity index is 194. The number of ether oxygens (including phenoxy) is 1. The van der Waals surface area contributed by atoms with Crippen LogP contribution in [0.25, 0.3) is 0 Å². The maximum absolute atomic E-state index is 11.8. The van der Waals surface area contributed by atoms with Crippen molar-refractivity contribution in [1.29, 1.82) is 0 Å². The first-order valence-corrected chi connectivity index (χ1v) is 5.58. The van der Waals surface area contributed by atoms with Crippen molar-refractivity contribution in [1.82, 2.24) is 5.32 Å². The molecule has 0 amide bonds. The van der Waals surface area contributed by atoms with Crippen molar-refractivity contribution in [2.75, 3.05) is 13.7 Å². The van der Waals surface area contributed by atoms with Crippen LogP contribution in [-0.4, -0.2) is 25.2 Å². The summed E-state index contributed by atoms with van der Waals surface area (Å²) in [6, 6.07) is 0. The van der Waals surface area contributed by atoms with Crippen LogP contribution in [0.3, 0.4) is 0 Å². The minimum absolute atomic E-state index is 0.224. The Balaban J connectivity index is 2.50.